The van der Waals surface area contributed by atoms with E-state index in [-0.39, 0.29) is 11.3 Å². The maximum absolute atomic E-state index is 13.4. The molecule has 1 heterocycles. The van der Waals surface area contributed by atoms with E-state index >= 15 is 0 Å². The van der Waals surface area contributed by atoms with Gasteiger partial charge in [0.1, 0.15) is 21.5 Å². The monoisotopic (exact) mass is 385 g/mol. The minimum absolute atomic E-state index is 0.0244. The molecule has 0 fully saturated rings. The summed E-state index contributed by atoms with van der Waals surface area (Å²) in [5, 5.41) is 0.693. The number of aryl methyl sites for hydroxylation is 1. The maximum Gasteiger partial charge on any atom is 0.350 e. The van der Waals surface area contributed by atoms with Gasteiger partial charge in [0.2, 0.25) is 5.78 Å². The zero-order valence-electron chi connectivity index (χ0n) is 14.7. The second kappa shape index (κ2) is 8.09. The summed E-state index contributed by atoms with van der Waals surface area (Å²) in [4.78, 5) is 29.4. The van der Waals surface area contributed by atoms with Gasteiger partial charge in [0.15, 0.2) is 6.61 Å². The van der Waals surface area contributed by atoms with Gasteiger partial charge in [-0.25, -0.2) is 14.2 Å². The van der Waals surface area contributed by atoms with Gasteiger partial charge in [0.05, 0.1) is 18.4 Å². The van der Waals surface area contributed by atoms with Crippen LogP contribution in [0.2, 0.25) is 0 Å². The fraction of sp³-hybridized carbons (Fsp3) is 0.150. The summed E-state index contributed by atoms with van der Waals surface area (Å²) in [5.41, 5.74) is 1.45. The molecular formula is C20H16FNO4S. The van der Waals surface area contributed by atoms with E-state index in [0.29, 0.717) is 15.6 Å². The van der Waals surface area contributed by atoms with Crippen LogP contribution >= 0.6 is 11.3 Å². The first-order valence-electron chi connectivity index (χ1n) is 8.06. The van der Waals surface area contributed by atoms with Crippen molar-refractivity contribution >= 4 is 23.1 Å². The molecule has 3 rings (SSSR count). The normalized spacial score (nSPS) is 10.5. The lowest BCUT2D eigenvalue weighted by Gasteiger charge is -2.08. The minimum Gasteiger partial charge on any atom is -0.496 e. The molecule has 0 saturated carbocycles. The number of aromatic nitrogens is 1. The molecule has 1 aromatic heterocycles. The van der Waals surface area contributed by atoms with Gasteiger partial charge in [-0.15, -0.1) is 11.3 Å². The van der Waals surface area contributed by atoms with Crippen molar-refractivity contribution in [3.8, 4) is 16.3 Å². The van der Waals surface area contributed by atoms with Crippen molar-refractivity contribution in [2.45, 2.75) is 6.92 Å². The van der Waals surface area contributed by atoms with Crippen LogP contribution in [0, 0.1) is 12.7 Å². The van der Waals surface area contributed by atoms with Gasteiger partial charge < -0.3 is 9.47 Å². The standard InChI is InChI=1S/C20H16FNO4S/c1-12-18(27-19(22-12)13-6-4-3-5-7-13)20(24)26-11-16(23)15-10-14(21)8-9-17(15)25-2/h3-10H,11H2,1-2H3. The van der Waals surface area contributed by atoms with Crippen molar-refractivity contribution in [2.24, 2.45) is 0 Å². The third kappa shape index (κ3) is 4.20. The zero-order chi connectivity index (χ0) is 19.4. The van der Waals surface area contributed by atoms with Crippen LogP contribution in [0.1, 0.15) is 25.7 Å². The molecule has 138 valence electrons. The van der Waals surface area contributed by atoms with E-state index in [1.807, 2.05) is 30.3 Å². The molecule has 7 heteroatoms. The van der Waals surface area contributed by atoms with E-state index in [1.165, 1.54) is 30.6 Å². The first-order valence-corrected chi connectivity index (χ1v) is 8.88. The van der Waals surface area contributed by atoms with E-state index < -0.39 is 24.2 Å². The Labute approximate surface area is 159 Å². The Hall–Kier alpha value is -3.06. The summed E-state index contributed by atoms with van der Waals surface area (Å²) in [6, 6.07) is 13.0. The van der Waals surface area contributed by atoms with E-state index in [0.717, 1.165) is 11.6 Å². The Balaban J connectivity index is 1.72. The Bertz CT molecular complexity index is 985. The van der Waals surface area contributed by atoms with E-state index in [9.17, 15) is 14.0 Å². The van der Waals surface area contributed by atoms with Gasteiger partial charge in [0.25, 0.3) is 0 Å². The van der Waals surface area contributed by atoms with Crippen LogP contribution in [0.5, 0.6) is 5.75 Å². The van der Waals surface area contributed by atoms with Crippen molar-refractivity contribution in [3.05, 3.63) is 70.5 Å². The van der Waals surface area contributed by atoms with E-state index in [4.69, 9.17) is 9.47 Å². The highest BCUT2D eigenvalue weighted by Gasteiger charge is 2.20. The molecule has 0 saturated heterocycles. The summed E-state index contributed by atoms with van der Waals surface area (Å²) < 4.78 is 23.6. The number of Topliss-reactive ketones (excluding diaryl/α,β-unsaturated/α-hetero) is 1. The van der Waals surface area contributed by atoms with Crippen LogP contribution in [-0.4, -0.2) is 30.5 Å². The van der Waals surface area contributed by atoms with Crippen LogP contribution in [0.15, 0.2) is 48.5 Å². The van der Waals surface area contributed by atoms with E-state index in [2.05, 4.69) is 4.98 Å². The molecule has 0 bridgehead atoms. The third-order valence-corrected chi connectivity index (χ3v) is 4.99. The highest BCUT2D eigenvalue weighted by Crippen LogP contribution is 2.28. The summed E-state index contributed by atoms with van der Waals surface area (Å²) >= 11 is 1.20. The number of hydrogen-bond acceptors (Lipinski definition) is 6. The molecule has 0 aliphatic carbocycles. The second-order valence-electron chi connectivity index (χ2n) is 5.64. The number of thiazole rings is 1. The number of hydrogen-bond donors (Lipinski definition) is 0. The van der Waals surface area contributed by atoms with Crippen LogP contribution < -0.4 is 4.74 Å². The van der Waals surface area contributed by atoms with E-state index in [1.54, 1.807) is 6.92 Å². The number of carbonyl (C=O) groups excluding carboxylic acids is 2. The van der Waals surface area contributed by atoms with Gasteiger partial charge in [-0.05, 0) is 25.1 Å². The second-order valence-corrected chi connectivity index (χ2v) is 6.64. The molecule has 5 nitrogen and oxygen atoms in total. The number of methoxy groups -OCH3 is 1. The predicted molar refractivity (Wildman–Crippen MR) is 99.9 cm³/mol. The average molecular weight is 385 g/mol. The van der Waals surface area contributed by atoms with Gasteiger partial charge in [0, 0.05) is 5.56 Å². The molecule has 0 aliphatic rings. The van der Waals surface area contributed by atoms with Crippen molar-refractivity contribution in [1.29, 1.82) is 0 Å². The number of ether oxygens (including phenoxy) is 2. The Morgan fingerprint density at radius 2 is 1.89 bits per heavy atom. The number of benzene rings is 2. The minimum atomic E-state index is -0.643. The van der Waals surface area contributed by atoms with Crippen LogP contribution in [0.25, 0.3) is 10.6 Å². The van der Waals surface area contributed by atoms with Crippen molar-refractivity contribution in [3.63, 3.8) is 0 Å². The number of halogens is 1. The number of rotatable bonds is 6. The third-order valence-electron chi connectivity index (χ3n) is 3.80. The van der Waals surface area contributed by atoms with Crippen LogP contribution in [0.3, 0.4) is 0 Å². The number of nitrogens with zero attached hydrogens (tertiary/aromatic N) is 1. The summed E-state index contributed by atoms with van der Waals surface area (Å²) in [6.07, 6.45) is 0. The lowest BCUT2D eigenvalue weighted by molar-refractivity contribution is 0.0477. The largest absolute Gasteiger partial charge is 0.496 e. The zero-order valence-corrected chi connectivity index (χ0v) is 15.5. The number of esters is 1. The molecule has 0 atom stereocenters. The van der Waals surface area contributed by atoms with Crippen LogP contribution in [-0.2, 0) is 4.74 Å². The molecular weight excluding hydrogens is 369 g/mol. The van der Waals surface area contributed by atoms with Gasteiger partial charge in [-0.3, -0.25) is 4.79 Å². The van der Waals surface area contributed by atoms with Gasteiger partial charge in [-0.1, -0.05) is 30.3 Å². The number of ketones is 1. The van der Waals surface area contributed by atoms with Gasteiger partial charge >= 0.3 is 5.97 Å². The summed E-state index contributed by atoms with van der Waals surface area (Å²) in [7, 11) is 1.38. The molecule has 0 radical (unpaired) electrons. The molecule has 0 N–H and O–H groups in total. The van der Waals surface area contributed by atoms with Crippen LogP contribution in [0.4, 0.5) is 4.39 Å². The lowest BCUT2D eigenvalue weighted by Crippen LogP contribution is -2.15. The summed E-state index contributed by atoms with van der Waals surface area (Å²) in [5.74, 6) is -1.55. The summed E-state index contributed by atoms with van der Waals surface area (Å²) in [6.45, 7) is 1.19. The fourth-order valence-corrected chi connectivity index (χ4v) is 3.43. The quantitative estimate of drug-likeness (QED) is 0.467. The predicted octanol–water partition coefficient (Wildman–Crippen LogP) is 4.31. The Kier molecular flexibility index (Phi) is 5.61. The molecule has 0 unspecified atom stereocenters. The highest BCUT2D eigenvalue weighted by molar-refractivity contribution is 7.17. The Morgan fingerprint density at radius 1 is 1.15 bits per heavy atom. The highest BCUT2D eigenvalue weighted by atomic mass is 32.1. The maximum atomic E-state index is 13.4. The fourth-order valence-electron chi connectivity index (χ4n) is 2.46. The first-order chi connectivity index (χ1) is 13.0. The molecule has 0 amide bonds. The number of carbonyl (C=O) groups is 2. The van der Waals surface area contributed by atoms with Gasteiger partial charge in [-0.2, -0.15) is 0 Å². The molecule has 2 aromatic carbocycles. The van der Waals surface area contributed by atoms with Crippen molar-refractivity contribution in [2.75, 3.05) is 13.7 Å². The van der Waals surface area contributed by atoms with Crippen molar-refractivity contribution in [1.82, 2.24) is 4.98 Å². The smallest absolute Gasteiger partial charge is 0.350 e. The SMILES string of the molecule is COc1ccc(F)cc1C(=O)COC(=O)c1sc(-c2ccccc2)nc1C. The lowest BCUT2D eigenvalue weighted by atomic mass is 10.1. The Morgan fingerprint density at radius 3 is 2.59 bits per heavy atom. The average Bonchev–Trinajstić information content (AvgIpc) is 3.08. The molecule has 0 aliphatic heterocycles. The van der Waals surface area contributed by atoms with Crippen molar-refractivity contribution < 1.29 is 23.5 Å². The molecule has 0 spiro atoms. The molecule has 27 heavy (non-hydrogen) atoms. The first kappa shape index (κ1) is 18.7. The topological polar surface area (TPSA) is 65.5 Å². The molecule has 3 aromatic rings.